The van der Waals surface area contributed by atoms with Crippen LogP contribution in [0.3, 0.4) is 0 Å². The van der Waals surface area contributed by atoms with Crippen LogP contribution >= 0.6 is 0 Å². The summed E-state index contributed by atoms with van der Waals surface area (Å²) in [6, 6.07) is 2.19. The smallest absolute Gasteiger partial charge is 0.145 e. The van der Waals surface area contributed by atoms with Gasteiger partial charge in [0.15, 0.2) is 0 Å². The van der Waals surface area contributed by atoms with E-state index in [4.69, 9.17) is 10.6 Å². The van der Waals surface area contributed by atoms with Crippen molar-refractivity contribution in [3.63, 3.8) is 0 Å². The topological polar surface area (TPSA) is 85.1 Å². The van der Waals surface area contributed by atoms with Crippen LogP contribution in [-0.2, 0) is 4.74 Å². The third-order valence-electron chi connectivity index (χ3n) is 3.54. The molecule has 1 aliphatic carbocycles. The SMILES string of the molecule is Cc1nc(NN)cc(NC2CCOC2C2CC2)n1. The first-order valence-corrected chi connectivity index (χ1v) is 6.46. The number of rotatable bonds is 4. The minimum atomic E-state index is 0.342. The number of anilines is 2. The molecule has 18 heavy (non-hydrogen) atoms. The zero-order chi connectivity index (χ0) is 12.5. The number of hydrogen-bond acceptors (Lipinski definition) is 6. The van der Waals surface area contributed by atoms with Crippen LogP contribution in [0.15, 0.2) is 6.07 Å². The first kappa shape index (κ1) is 11.7. The maximum Gasteiger partial charge on any atom is 0.145 e. The molecule has 3 rings (SSSR count). The number of hydrazine groups is 1. The van der Waals surface area contributed by atoms with Crippen molar-refractivity contribution in [2.75, 3.05) is 17.3 Å². The van der Waals surface area contributed by atoms with E-state index in [2.05, 4.69) is 20.7 Å². The highest BCUT2D eigenvalue weighted by molar-refractivity contribution is 5.47. The zero-order valence-corrected chi connectivity index (χ0v) is 10.5. The van der Waals surface area contributed by atoms with E-state index >= 15 is 0 Å². The van der Waals surface area contributed by atoms with Crippen molar-refractivity contribution in [2.45, 2.75) is 38.3 Å². The number of nitrogens with zero attached hydrogens (tertiary/aromatic N) is 2. The molecule has 2 aliphatic rings. The van der Waals surface area contributed by atoms with E-state index in [1.807, 2.05) is 13.0 Å². The molecule has 1 aromatic rings. The second-order valence-corrected chi connectivity index (χ2v) is 5.04. The second-order valence-electron chi connectivity index (χ2n) is 5.04. The average Bonchev–Trinajstić information content (AvgIpc) is 3.10. The lowest BCUT2D eigenvalue weighted by atomic mass is 10.1. The van der Waals surface area contributed by atoms with Gasteiger partial charge in [-0.1, -0.05) is 0 Å². The predicted molar refractivity (Wildman–Crippen MR) is 69.1 cm³/mol. The molecule has 1 aliphatic heterocycles. The minimum Gasteiger partial charge on any atom is -0.376 e. The molecule has 6 heteroatoms. The fraction of sp³-hybridized carbons (Fsp3) is 0.667. The van der Waals surface area contributed by atoms with E-state index in [1.165, 1.54) is 12.8 Å². The van der Waals surface area contributed by atoms with Crippen molar-refractivity contribution >= 4 is 11.6 Å². The summed E-state index contributed by atoms with van der Waals surface area (Å²) in [6.07, 6.45) is 3.97. The van der Waals surface area contributed by atoms with Crippen LogP contribution in [0.4, 0.5) is 11.6 Å². The Balaban J connectivity index is 1.73. The van der Waals surface area contributed by atoms with Crippen LogP contribution in [-0.4, -0.2) is 28.7 Å². The van der Waals surface area contributed by atoms with Crippen LogP contribution in [0, 0.1) is 12.8 Å². The second kappa shape index (κ2) is 4.70. The summed E-state index contributed by atoms with van der Waals surface area (Å²) < 4.78 is 5.80. The van der Waals surface area contributed by atoms with Gasteiger partial charge in [-0.05, 0) is 32.1 Å². The Kier molecular flexibility index (Phi) is 3.05. The van der Waals surface area contributed by atoms with Crippen molar-refractivity contribution in [3.05, 3.63) is 11.9 Å². The van der Waals surface area contributed by atoms with E-state index in [0.717, 1.165) is 24.8 Å². The molecule has 4 N–H and O–H groups in total. The Morgan fingerprint density at radius 1 is 1.28 bits per heavy atom. The molecule has 2 atom stereocenters. The maximum atomic E-state index is 5.80. The number of ether oxygens (including phenoxy) is 1. The molecule has 0 spiro atoms. The van der Waals surface area contributed by atoms with Gasteiger partial charge in [-0.25, -0.2) is 15.8 Å². The van der Waals surface area contributed by atoms with Gasteiger partial charge < -0.3 is 15.5 Å². The molecule has 0 radical (unpaired) electrons. The van der Waals surface area contributed by atoms with Gasteiger partial charge in [0, 0.05) is 12.7 Å². The van der Waals surface area contributed by atoms with E-state index in [-0.39, 0.29) is 0 Å². The highest BCUT2D eigenvalue weighted by atomic mass is 16.5. The van der Waals surface area contributed by atoms with Crippen LogP contribution in [0.5, 0.6) is 0 Å². The normalized spacial score (nSPS) is 27.2. The van der Waals surface area contributed by atoms with Crippen LogP contribution in [0.2, 0.25) is 0 Å². The van der Waals surface area contributed by atoms with Crippen molar-refractivity contribution in [2.24, 2.45) is 11.8 Å². The highest BCUT2D eigenvalue weighted by Gasteiger charge is 2.40. The monoisotopic (exact) mass is 249 g/mol. The Morgan fingerprint density at radius 3 is 2.78 bits per heavy atom. The summed E-state index contributed by atoms with van der Waals surface area (Å²) in [7, 11) is 0. The summed E-state index contributed by atoms with van der Waals surface area (Å²) in [6.45, 7) is 2.69. The molecular formula is C12H19N5O. The molecule has 1 aromatic heterocycles. The standard InChI is InChI=1S/C12H19N5O/c1-7-14-10(6-11(15-7)17-13)16-9-4-5-18-12(9)8-2-3-8/h6,8-9,12H,2-5,13H2,1H3,(H2,14,15,16,17). The number of nitrogen functional groups attached to an aromatic ring is 1. The summed E-state index contributed by atoms with van der Waals surface area (Å²) in [4.78, 5) is 8.56. The van der Waals surface area contributed by atoms with Crippen LogP contribution < -0.4 is 16.6 Å². The van der Waals surface area contributed by atoms with Gasteiger partial charge >= 0.3 is 0 Å². The Labute approximate surface area is 106 Å². The van der Waals surface area contributed by atoms with Gasteiger partial charge in [0.05, 0.1) is 12.1 Å². The Bertz CT molecular complexity index is 434. The molecule has 0 aromatic carbocycles. The molecule has 0 bridgehead atoms. The minimum absolute atomic E-state index is 0.342. The van der Waals surface area contributed by atoms with E-state index < -0.39 is 0 Å². The number of aryl methyl sites for hydroxylation is 1. The molecular weight excluding hydrogens is 230 g/mol. The molecule has 1 saturated heterocycles. The van der Waals surface area contributed by atoms with Crippen LogP contribution in [0.25, 0.3) is 0 Å². The molecule has 1 saturated carbocycles. The fourth-order valence-electron chi connectivity index (χ4n) is 2.56. The van der Waals surface area contributed by atoms with Crippen molar-refractivity contribution in [1.29, 1.82) is 0 Å². The largest absolute Gasteiger partial charge is 0.376 e. The zero-order valence-electron chi connectivity index (χ0n) is 10.5. The third kappa shape index (κ3) is 2.39. The number of aromatic nitrogens is 2. The summed E-state index contributed by atoms with van der Waals surface area (Å²) in [5.41, 5.74) is 2.56. The molecule has 2 heterocycles. The highest BCUT2D eigenvalue weighted by Crippen LogP contribution is 2.39. The van der Waals surface area contributed by atoms with E-state index in [9.17, 15) is 0 Å². The Morgan fingerprint density at radius 2 is 2.06 bits per heavy atom. The quantitative estimate of drug-likeness (QED) is 0.546. The lowest BCUT2D eigenvalue weighted by Crippen LogP contribution is -2.31. The van der Waals surface area contributed by atoms with Gasteiger partial charge in [-0.2, -0.15) is 0 Å². The predicted octanol–water partition coefficient (Wildman–Crippen LogP) is 1.05. The van der Waals surface area contributed by atoms with Crippen molar-refractivity contribution in [1.82, 2.24) is 9.97 Å². The summed E-state index contributed by atoms with van der Waals surface area (Å²) in [5.74, 6) is 8.28. The van der Waals surface area contributed by atoms with E-state index in [0.29, 0.717) is 23.8 Å². The third-order valence-corrected chi connectivity index (χ3v) is 3.54. The number of nitrogens with one attached hydrogen (secondary N) is 2. The molecule has 6 nitrogen and oxygen atoms in total. The van der Waals surface area contributed by atoms with Gasteiger partial charge in [-0.3, -0.25) is 0 Å². The van der Waals surface area contributed by atoms with Gasteiger partial charge in [0.1, 0.15) is 17.5 Å². The maximum absolute atomic E-state index is 5.80. The average molecular weight is 249 g/mol. The molecule has 2 unspecified atom stereocenters. The number of hydrogen-bond donors (Lipinski definition) is 3. The molecule has 2 fully saturated rings. The van der Waals surface area contributed by atoms with E-state index in [1.54, 1.807) is 0 Å². The fourth-order valence-corrected chi connectivity index (χ4v) is 2.56. The first-order chi connectivity index (χ1) is 8.76. The Hall–Kier alpha value is -1.40. The van der Waals surface area contributed by atoms with Gasteiger partial charge in [0.25, 0.3) is 0 Å². The molecule has 0 amide bonds. The number of nitrogens with two attached hydrogens (primary N) is 1. The summed E-state index contributed by atoms with van der Waals surface area (Å²) in [5, 5.41) is 3.46. The summed E-state index contributed by atoms with van der Waals surface area (Å²) >= 11 is 0. The van der Waals surface area contributed by atoms with Crippen molar-refractivity contribution in [3.8, 4) is 0 Å². The molecule has 98 valence electrons. The first-order valence-electron chi connectivity index (χ1n) is 6.46. The lowest BCUT2D eigenvalue weighted by molar-refractivity contribution is 0.0898. The van der Waals surface area contributed by atoms with Gasteiger partial charge in [-0.15, -0.1) is 0 Å². The van der Waals surface area contributed by atoms with Crippen molar-refractivity contribution < 1.29 is 4.74 Å². The van der Waals surface area contributed by atoms with Gasteiger partial charge in [0.2, 0.25) is 0 Å². The lowest BCUT2D eigenvalue weighted by Gasteiger charge is -2.20. The van der Waals surface area contributed by atoms with Crippen LogP contribution in [0.1, 0.15) is 25.1 Å².